The zero-order valence-corrected chi connectivity index (χ0v) is 18.0. The molecule has 2 rings (SSSR count). The molecule has 0 radical (unpaired) electrons. The molecule has 0 spiro atoms. The number of carbonyl (C=O) groups excluding carboxylic acids is 3. The van der Waals surface area contributed by atoms with Crippen LogP contribution in [0.2, 0.25) is 0 Å². The van der Waals surface area contributed by atoms with Gasteiger partial charge in [-0.15, -0.1) is 0 Å². The molecule has 29 heavy (non-hydrogen) atoms. The van der Waals surface area contributed by atoms with Crippen LogP contribution in [0.5, 0.6) is 0 Å². The first-order valence-electron chi connectivity index (χ1n) is 9.15. The third-order valence-corrected chi connectivity index (χ3v) is 5.53. The van der Waals surface area contributed by atoms with Crippen molar-refractivity contribution < 1.29 is 27.5 Å². The van der Waals surface area contributed by atoms with Gasteiger partial charge in [-0.05, 0) is 38.8 Å². The van der Waals surface area contributed by atoms with Crippen LogP contribution in [0.3, 0.4) is 0 Å². The normalized spacial score (nSPS) is 18.3. The van der Waals surface area contributed by atoms with Crippen LogP contribution in [0.4, 0.5) is 4.79 Å². The molecule has 2 atom stereocenters. The van der Waals surface area contributed by atoms with E-state index in [-0.39, 0.29) is 13.0 Å². The number of rotatable bonds is 4. The predicted molar refractivity (Wildman–Crippen MR) is 106 cm³/mol. The first-order valence-corrected chi connectivity index (χ1v) is 11.0. The number of amides is 3. The lowest BCUT2D eigenvalue weighted by Gasteiger charge is -2.33. The van der Waals surface area contributed by atoms with E-state index in [1.165, 1.54) is 6.92 Å². The summed E-state index contributed by atoms with van der Waals surface area (Å²) in [6.07, 6.45) is -0.110. The van der Waals surface area contributed by atoms with Gasteiger partial charge in [-0.2, -0.15) is 4.31 Å². The monoisotopic (exact) mass is 425 g/mol. The largest absolute Gasteiger partial charge is 0.451 e. The maximum Gasteiger partial charge on any atom is 0.325 e. The lowest BCUT2D eigenvalue weighted by atomic mass is 9.96. The highest BCUT2D eigenvalue weighted by molar-refractivity contribution is 7.88. The standard InChI is InChI=1S/C19H27N3O6S/c1-12(16(23)20-18(25)21-19(2,3)4)28-17(24)15-10-13-8-6-7-9-14(13)11-22(15)29(5,26)27/h6-9,12,15H,10-11H2,1-5H3,(H2,20,21,23,25)/t12-,15+/m1/s1. The van der Waals surface area contributed by atoms with Crippen molar-refractivity contribution in [1.82, 2.24) is 14.9 Å². The van der Waals surface area contributed by atoms with Crippen LogP contribution in [0.15, 0.2) is 24.3 Å². The number of imide groups is 1. The van der Waals surface area contributed by atoms with Crippen LogP contribution in [0, 0.1) is 0 Å². The molecule has 1 aromatic carbocycles. The average Bonchev–Trinajstić information content (AvgIpc) is 2.57. The predicted octanol–water partition coefficient (Wildman–Crippen LogP) is 0.929. The number of esters is 1. The summed E-state index contributed by atoms with van der Waals surface area (Å²) in [4.78, 5) is 36.6. The fraction of sp³-hybridized carbons (Fsp3) is 0.526. The van der Waals surface area contributed by atoms with Crippen LogP contribution in [-0.4, -0.2) is 54.6 Å². The van der Waals surface area contributed by atoms with E-state index in [1.807, 2.05) is 6.07 Å². The Morgan fingerprint density at radius 1 is 1.17 bits per heavy atom. The molecule has 160 valence electrons. The minimum absolute atomic E-state index is 0.0450. The molecule has 0 saturated heterocycles. The molecule has 1 heterocycles. The van der Waals surface area contributed by atoms with Gasteiger partial charge in [0.1, 0.15) is 6.04 Å². The quantitative estimate of drug-likeness (QED) is 0.692. The Morgan fingerprint density at radius 3 is 2.31 bits per heavy atom. The number of nitrogens with zero attached hydrogens (tertiary/aromatic N) is 1. The van der Waals surface area contributed by atoms with Gasteiger partial charge in [-0.1, -0.05) is 24.3 Å². The van der Waals surface area contributed by atoms with Gasteiger partial charge in [0.2, 0.25) is 10.0 Å². The van der Waals surface area contributed by atoms with Gasteiger partial charge in [-0.3, -0.25) is 14.9 Å². The van der Waals surface area contributed by atoms with Crippen molar-refractivity contribution in [3.8, 4) is 0 Å². The second-order valence-electron chi connectivity index (χ2n) is 8.07. The zero-order chi connectivity index (χ0) is 22.0. The van der Waals surface area contributed by atoms with Gasteiger partial charge in [0.15, 0.2) is 6.10 Å². The van der Waals surface area contributed by atoms with Gasteiger partial charge < -0.3 is 10.1 Å². The molecule has 9 nitrogen and oxygen atoms in total. The minimum Gasteiger partial charge on any atom is -0.451 e. The number of hydrogen-bond acceptors (Lipinski definition) is 6. The molecule has 0 saturated carbocycles. The number of fused-ring (bicyclic) bond motifs is 1. The molecule has 2 N–H and O–H groups in total. The molecule has 0 bridgehead atoms. The van der Waals surface area contributed by atoms with Gasteiger partial charge >= 0.3 is 12.0 Å². The lowest BCUT2D eigenvalue weighted by Crippen LogP contribution is -2.52. The van der Waals surface area contributed by atoms with Crippen molar-refractivity contribution in [2.24, 2.45) is 0 Å². The van der Waals surface area contributed by atoms with Crippen LogP contribution >= 0.6 is 0 Å². The highest BCUT2D eigenvalue weighted by atomic mass is 32.2. The molecule has 0 unspecified atom stereocenters. The molecule has 10 heteroatoms. The summed E-state index contributed by atoms with van der Waals surface area (Å²) in [6, 6.07) is 5.43. The van der Waals surface area contributed by atoms with E-state index < -0.39 is 45.6 Å². The summed E-state index contributed by atoms with van der Waals surface area (Å²) in [5, 5.41) is 4.66. The van der Waals surface area contributed by atoms with E-state index in [4.69, 9.17) is 4.74 Å². The van der Waals surface area contributed by atoms with Crippen molar-refractivity contribution >= 4 is 27.9 Å². The second-order valence-corrected chi connectivity index (χ2v) is 10.0. The first kappa shape index (κ1) is 22.8. The van der Waals surface area contributed by atoms with Crippen molar-refractivity contribution in [1.29, 1.82) is 0 Å². The lowest BCUT2D eigenvalue weighted by molar-refractivity contribution is -0.158. The summed E-state index contributed by atoms with van der Waals surface area (Å²) in [5.74, 6) is -1.65. The van der Waals surface area contributed by atoms with E-state index in [0.29, 0.717) is 0 Å². The molecule has 1 aliphatic heterocycles. The average molecular weight is 426 g/mol. The van der Waals surface area contributed by atoms with Crippen molar-refractivity contribution in [3.63, 3.8) is 0 Å². The van der Waals surface area contributed by atoms with E-state index >= 15 is 0 Å². The first-order chi connectivity index (χ1) is 13.3. The van der Waals surface area contributed by atoms with Crippen LogP contribution in [-0.2, 0) is 37.3 Å². The van der Waals surface area contributed by atoms with Gasteiger partial charge in [0.25, 0.3) is 5.91 Å². The van der Waals surface area contributed by atoms with Crippen molar-refractivity contribution in [2.75, 3.05) is 6.26 Å². The second kappa shape index (κ2) is 8.50. The molecule has 1 aromatic rings. The van der Waals surface area contributed by atoms with Crippen LogP contribution in [0.25, 0.3) is 0 Å². The van der Waals surface area contributed by atoms with E-state index in [9.17, 15) is 22.8 Å². The SMILES string of the molecule is C[C@@H](OC(=O)[C@@H]1Cc2ccccc2CN1S(C)(=O)=O)C(=O)NC(=O)NC(C)(C)C. The number of urea groups is 1. The topological polar surface area (TPSA) is 122 Å². The number of sulfonamides is 1. The fourth-order valence-corrected chi connectivity index (χ4v) is 3.94. The van der Waals surface area contributed by atoms with Gasteiger partial charge in [0, 0.05) is 18.5 Å². The number of nitrogens with one attached hydrogen (secondary N) is 2. The molecule has 0 aromatic heterocycles. The van der Waals surface area contributed by atoms with Crippen LogP contribution < -0.4 is 10.6 Å². The van der Waals surface area contributed by atoms with Crippen molar-refractivity contribution in [3.05, 3.63) is 35.4 Å². The molecule has 0 fully saturated rings. The van der Waals surface area contributed by atoms with E-state index in [1.54, 1.807) is 39.0 Å². The number of hydrogen-bond donors (Lipinski definition) is 2. The number of ether oxygens (including phenoxy) is 1. The highest BCUT2D eigenvalue weighted by Crippen LogP contribution is 2.26. The Labute approximate surface area is 170 Å². The maximum atomic E-state index is 12.7. The summed E-state index contributed by atoms with van der Waals surface area (Å²) in [7, 11) is -3.69. The maximum absolute atomic E-state index is 12.7. The molecular weight excluding hydrogens is 398 g/mol. The molecular formula is C19H27N3O6S. The molecule has 1 aliphatic rings. The van der Waals surface area contributed by atoms with Gasteiger partial charge in [-0.25, -0.2) is 13.2 Å². The van der Waals surface area contributed by atoms with E-state index in [2.05, 4.69) is 10.6 Å². The summed E-state index contributed by atoms with van der Waals surface area (Å²) in [5.41, 5.74) is 1.11. The Kier molecular flexibility index (Phi) is 6.69. The van der Waals surface area contributed by atoms with Gasteiger partial charge in [0.05, 0.1) is 6.26 Å². The summed E-state index contributed by atoms with van der Waals surface area (Å²) in [6.45, 7) is 6.62. The smallest absolute Gasteiger partial charge is 0.325 e. The van der Waals surface area contributed by atoms with Crippen LogP contribution in [0.1, 0.15) is 38.8 Å². The number of benzene rings is 1. The van der Waals surface area contributed by atoms with E-state index in [0.717, 1.165) is 21.7 Å². The summed E-state index contributed by atoms with van der Waals surface area (Å²) >= 11 is 0. The minimum atomic E-state index is -3.69. The third-order valence-electron chi connectivity index (χ3n) is 4.29. The highest BCUT2D eigenvalue weighted by Gasteiger charge is 2.39. The fourth-order valence-electron chi connectivity index (χ4n) is 2.94. The Morgan fingerprint density at radius 2 is 1.76 bits per heavy atom. The Balaban J connectivity index is 2.09. The molecule has 0 aliphatic carbocycles. The zero-order valence-electron chi connectivity index (χ0n) is 17.2. The number of carbonyl (C=O) groups is 3. The summed E-state index contributed by atoms with van der Waals surface area (Å²) < 4.78 is 30.6. The molecule has 3 amide bonds. The van der Waals surface area contributed by atoms with Crippen molar-refractivity contribution in [2.45, 2.75) is 58.3 Å². The Hall–Kier alpha value is -2.46. The Bertz CT molecular complexity index is 907. The third kappa shape index (κ3) is 6.26.